The summed E-state index contributed by atoms with van der Waals surface area (Å²) in [5.41, 5.74) is 1.20. The van der Waals surface area contributed by atoms with Crippen LogP contribution in [0.5, 0.6) is 11.5 Å². The van der Waals surface area contributed by atoms with Crippen LogP contribution < -0.4 is 9.47 Å². The van der Waals surface area contributed by atoms with E-state index >= 15 is 0 Å². The summed E-state index contributed by atoms with van der Waals surface area (Å²) in [6.07, 6.45) is 2.09. The first-order valence-corrected chi connectivity index (χ1v) is 11.0. The topological polar surface area (TPSA) is 51.2 Å². The predicted molar refractivity (Wildman–Crippen MR) is 110 cm³/mol. The largest absolute Gasteiger partial charge is 0.486 e. The minimum absolute atomic E-state index is 0.125. The van der Waals surface area contributed by atoms with Gasteiger partial charge in [-0.05, 0) is 57.5 Å². The fraction of sp³-hybridized carbons (Fsp3) is 0.667. The molecule has 4 rings (SSSR count). The molecule has 154 valence electrons. The molecule has 7 heteroatoms. The van der Waals surface area contributed by atoms with Crippen LogP contribution in [0, 0.1) is 5.92 Å². The average Bonchev–Trinajstić information content (AvgIpc) is 2.68. The second kappa shape index (κ2) is 8.59. The molecule has 1 amide bonds. The highest BCUT2D eigenvalue weighted by Crippen LogP contribution is 2.36. The van der Waals surface area contributed by atoms with Crippen molar-refractivity contribution in [2.75, 3.05) is 39.4 Å². The van der Waals surface area contributed by atoms with Gasteiger partial charge in [0.25, 0.3) is 0 Å². The third kappa shape index (κ3) is 4.47. The summed E-state index contributed by atoms with van der Waals surface area (Å²) in [6, 6.07) is 4.08. The Hall–Kier alpha value is -1.31. The quantitative estimate of drug-likeness (QED) is 0.705. The SMILES string of the molecule is CC1CN(C(=O)C2CCN(Cc3cc4c(cc3Br)OCCO4)CC2)CC(C)O1. The molecule has 0 aliphatic carbocycles. The van der Waals surface area contributed by atoms with Crippen molar-refractivity contribution in [3.8, 4) is 11.5 Å². The molecule has 0 N–H and O–H groups in total. The van der Waals surface area contributed by atoms with Crippen LogP contribution in [-0.2, 0) is 16.1 Å². The van der Waals surface area contributed by atoms with Crippen molar-refractivity contribution < 1.29 is 19.0 Å². The third-order valence-corrected chi connectivity index (χ3v) is 6.51. The molecular formula is C21H29BrN2O4. The number of benzene rings is 1. The minimum atomic E-state index is 0.125. The fourth-order valence-corrected chi connectivity index (χ4v) is 4.87. The van der Waals surface area contributed by atoms with Crippen LogP contribution in [0.4, 0.5) is 0 Å². The van der Waals surface area contributed by atoms with Crippen LogP contribution in [0.1, 0.15) is 32.3 Å². The van der Waals surface area contributed by atoms with Crippen LogP contribution in [0.25, 0.3) is 0 Å². The standard InChI is InChI=1S/C21H29BrN2O4/c1-14-11-24(12-15(2)28-14)21(25)16-3-5-23(6-4-16)13-17-9-19-20(10-18(17)22)27-8-7-26-19/h9-10,14-16H,3-8,11-13H2,1-2H3. The number of hydrogen-bond acceptors (Lipinski definition) is 5. The zero-order valence-corrected chi connectivity index (χ0v) is 18.2. The van der Waals surface area contributed by atoms with Crippen LogP contribution in [0.15, 0.2) is 16.6 Å². The van der Waals surface area contributed by atoms with Crippen molar-refractivity contribution in [2.24, 2.45) is 5.92 Å². The summed E-state index contributed by atoms with van der Waals surface area (Å²) in [5.74, 6) is 2.07. The lowest BCUT2D eigenvalue weighted by Gasteiger charge is -2.39. The van der Waals surface area contributed by atoms with Gasteiger partial charge in [0.05, 0.1) is 12.2 Å². The molecule has 2 fully saturated rings. The number of carbonyl (C=O) groups excluding carboxylic acids is 1. The van der Waals surface area contributed by atoms with E-state index in [9.17, 15) is 4.79 Å². The molecule has 2 unspecified atom stereocenters. The van der Waals surface area contributed by atoms with Crippen LogP contribution in [0.2, 0.25) is 0 Å². The highest BCUT2D eigenvalue weighted by atomic mass is 79.9. The van der Waals surface area contributed by atoms with Crippen LogP contribution >= 0.6 is 15.9 Å². The number of carbonyl (C=O) groups is 1. The van der Waals surface area contributed by atoms with Crippen molar-refractivity contribution in [3.63, 3.8) is 0 Å². The monoisotopic (exact) mass is 452 g/mol. The summed E-state index contributed by atoms with van der Waals surface area (Å²) in [5, 5.41) is 0. The summed E-state index contributed by atoms with van der Waals surface area (Å²) in [6.45, 7) is 9.44. The van der Waals surface area contributed by atoms with Crippen molar-refractivity contribution in [1.82, 2.24) is 9.80 Å². The molecule has 28 heavy (non-hydrogen) atoms. The maximum Gasteiger partial charge on any atom is 0.225 e. The van der Waals surface area contributed by atoms with Gasteiger partial charge in [0.2, 0.25) is 5.91 Å². The van der Waals surface area contributed by atoms with E-state index in [1.807, 2.05) is 24.8 Å². The van der Waals surface area contributed by atoms with E-state index in [2.05, 4.69) is 26.9 Å². The first-order valence-electron chi connectivity index (χ1n) is 10.2. The average molecular weight is 453 g/mol. The predicted octanol–water partition coefficient (Wildman–Crippen LogP) is 3.07. The Morgan fingerprint density at radius 2 is 1.68 bits per heavy atom. The highest BCUT2D eigenvalue weighted by molar-refractivity contribution is 9.10. The number of piperidine rings is 1. The maximum absolute atomic E-state index is 12.9. The highest BCUT2D eigenvalue weighted by Gasteiger charge is 2.32. The van der Waals surface area contributed by atoms with Gasteiger partial charge in [-0.2, -0.15) is 0 Å². The number of halogens is 1. The number of morpholine rings is 1. The second-order valence-corrected chi connectivity index (χ2v) is 8.99. The molecule has 3 aliphatic rings. The van der Waals surface area contributed by atoms with E-state index in [1.165, 1.54) is 5.56 Å². The van der Waals surface area contributed by atoms with Gasteiger partial charge in [-0.25, -0.2) is 0 Å². The van der Waals surface area contributed by atoms with Gasteiger partial charge in [0.15, 0.2) is 11.5 Å². The Morgan fingerprint density at radius 3 is 2.32 bits per heavy atom. The van der Waals surface area contributed by atoms with Crippen molar-refractivity contribution in [2.45, 2.75) is 45.4 Å². The number of fused-ring (bicyclic) bond motifs is 1. The number of nitrogens with zero attached hydrogens (tertiary/aromatic N) is 2. The van der Waals surface area contributed by atoms with Gasteiger partial charge in [-0.1, -0.05) is 15.9 Å². The Balaban J connectivity index is 1.33. The van der Waals surface area contributed by atoms with E-state index in [-0.39, 0.29) is 18.1 Å². The normalized spacial score (nSPS) is 26.3. The number of amides is 1. The van der Waals surface area contributed by atoms with Crippen molar-refractivity contribution in [3.05, 3.63) is 22.2 Å². The van der Waals surface area contributed by atoms with E-state index in [0.717, 1.165) is 48.4 Å². The van der Waals surface area contributed by atoms with Gasteiger partial charge in [0.1, 0.15) is 13.2 Å². The summed E-state index contributed by atoms with van der Waals surface area (Å²) in [7, 11) is 0. The molecule has 0 aromatic heterocycles. The summed E-state index contributed by atoms with van der Waals surface area (Å²) < 4.78 is 18.2. The number of rotatable bonds is 3. The molecule has 6 nitrogen and oxygen atoms in total. The minimum Gasteiger partial charge on any atom is -0.486 e. The van der Waals surface area contributed by atoms with E-state index in [4.69, 9.17) is 14.2 Å². The molecule has 3 aliphatic heterocycles. The van der Waals surface area contributed by atoms with Gasteiger partial charge in [-0.15, -0.1) is 0 Å². The molecule has 0 saturated carbocycles. The van der Waals surface area contributed by atoms with E-state index in [1.54, 1.807) is 0 Å². The first kappa shape index (κ1) is 20.0. The Morgan fingerprint density at radius 1 is 1.07 bits per heavy atom. The molecule has 0 bridgehead atoms. The fourth-order valence-electron chi connectivity index (χ4n) is 4.42. The number of ether oxygens (including phenoxy) is 3. The number of likely N-dealkylation sites (tertiary alicyclic amines) is 1. The Kier molecular flexibility index (Phi) is 6.13. The summed E-state index contributed by atoms with van der Waals surface area (Å²) in [4.78, 5) is 17.4. The smallest absolute Gasteiger partial charge is 0.225 e. The molecule has 1 aromatic carbocycles. The lowest BCUT2D eigenvalue weighted by atomic mass is 9.94. The summed E-state index contributed by atoms with van der Waals surface area (Å²) >= 11 is 3.67. The number of hydrogen-bond donors (Lipinski definition) is 0. The van der Waals surface area contributed by atoms with Gasteiger partial charge >= 0.3 is 0 Å². The van der Waals surface area contributed by atoms with Crippen molar-refractivity contribution in [1.29, 1.82) is 0 Å². The third-order valence-electron chi connectivity index (χ3n) is 5.77. The Bertz CT molecular complexity index is 711. The molecule has 2 saturated heterocycles. The van der Waals surface area contributed by atoms with E-state index < -0.39 is 0 Å². The van der Waals surface area contributed by atoms with Crippen LogP contribution in [-0.4, -0.2) is 67.3 Å². The molecule has 1 aromatic rings. The zero-order valence-electron chi connectivity index (χ0n) is 16.7. The molecule has 3 heterocycles. The molecular weight excluding hydrogens is 424 g/mol. The van der Waals surface area contributed by atoms with Crippen LogP contribution in [0.3, 0.4) is 0 Å². The molecule has 0 radical (unpaired) electrons. The first-order chi connectivity index (χ1) is 13.5. The van der Waals surface area contributed by atoms with Gasteiger partial charge < -0.3 is 19.1 Å². The van der Waals surface area contributed by atoms with E-state index in [0.29, 0.717) is 32.2 Å². The maximum atomic E-state index is 12.9. The lowest BCUT2D eigenvalue weighted by Crippen LogP contribution is -2.51. The lowest BCUT2D eigenvalue weighted by molar-refractivity contribution is -0.148. The second-order valence-electron chi connectivity index (χ2n) is 8.14. The van der Waals surface area contributed by atoms with Gasteiger partial charge in [-0.3, -0.25) is 9.69 Å². The molecule has 0 spiro atoms. The zero-order chi connectivity index (χ0) is 19.7. The van der Waals surface area contributed by atoms with Crippen molar-refractivity contribution >= 4 is 21.8 Å². The Labute approximate surface area is 175 Å². The van der Waals surface area contributed by atoms with Gasteiger partial charge in [0, 0.05) is 30.0 Å². The molecule has 2 atom stereocenters.